The number of hydrogen-bond donors (Lipinski definition) is 2. The maximum atomic E-state index is 12.3. The Hall–Kier alpha value is -2.37. The zero-order valence-electron chi connectivity index (χ0n) is 13.7. The molecular weight excluding hydrogens is 290 g/mol. The van der Waals surface area contributed by atoms with E-state index in [1.807, 2.05) is 73.6 Å². The topological polar surface area (TPSA) is 53.6 Å². The summed E-state index contributed by atoms with van der Waals surface area (Å²) in [6.07, 6.45) is -0.244. The molecule has 122 valence electrons. The maximum Gasteiger partial charge on any atom is 0.251 e. The highest BCUT2D eigenvalue weighted by atomic mass is 16.7. The second-order valence-corrected chi connectivity index (χ2v) is 5.37. The average Bonchev–Trinajstić information content (AvgIpc) is 2.59. The van der Waals surface area contributed by atoms with E-state index in [2.05, 4.69) is 10.8 Å². The van der Waals surface area contributed by atoms with Crippen molar-refractivity contribution in [3.05, 3.63) is 65.7 Å². The van der Waals surface area contributed by atoms with Crippen molar-refractivity contribution in [2.75, 3.05) is 32.6 Å². The van der Waals surface area contributed by atoms with E-state index in [0.29, 0.717) is 12.1 Å². The van der Waals surface area contributed by atoms with Gasteiger partial charge in [0.05, 0.1) is 6.54 Å². The molecule has 0 spiro atoms. The number of carbonyl (C=O) groups is 1. The number of nitrogens with one attached hydrogen (secondary N) is 2. The first kappa shape index (κ1) is 17.0. The fraction of sp³-hybridized carbons (Fsp3) is 0.278. The molecule has 1 amide bonds. The number of hydrogen-bond acceptors (Lipinski definition) is 4. The standard InChI is InChI=1S/C18H23N3O2/c1-19-23-17(14-7-5-4-6-8-14)13-20-18(22)15-9-11-16(12-10-15)21(2)3/h4-12,17,19H,13H2,1-3H3,(H,20,22). The number of hydroxylamine groups is 1. The van der Waals surface area contributed by atoms with Crippen LogP contribution >= 0.6 is 0 Å². The predicted molar refractivity (Wildman–Crippen MR) is 92.4 cm³/mol. The van der Waals surface area contributed by atoms with Gasteiger partial charge in [-0.05, 0) is 29.8 Å². The van der Waals surface area contributed by atoms with Gasteiger partial charge in [0, 0.05) is 32.4 Å². The molecule has 0 bridgehead atoms. The number of carbonyl (C=O) groups excluding carboxylic acids is 1. The molecule has 0 saturated heterocycles. The Labute approximate surface area is 137 Å². The van der Waals surface area contributed by atoms with Crippen LogP contribution in [0.15, 0.2) is 54.6 Å². The molecule has 5 nitrogen and oxygen atoms in total. The van der Waals surface area contributed by atoms with Gasteiger partial charge >= 0.3 is 0 Å². The first-order valence-corrected chi connectivity index (χ1v) is 7.54. The van der Waals surface area contributed by atoms with Crippen LogP contribution in [0.1, 0.15) is 22.0 Å². The van der Waals surface area contributed by atoms with Crippen LogP contribution in [0.5, 0.6) is 0 Å². The second-order valence-electron chi connectivity index (χ2n) is 5.37. The van der Waals surface area contributed by atoms with Crippen molar-refractivity contribution >= 4 is 11.6 Å². The molecule has 2 aromatic rings. The van der Waals surface area contributed by atoms with Gasteiger partial charge in [0.25, 0.3) is 5.91 Å². The van der Waals surface area contributed by atoms with Crippen LogP contribution in [0.4, 0.5) is 5.69 Å². The fourth-order valence-corrected chi connectivity index (χ4v) is 2.24. The van der Waals surface area contributed by atoms with E-state index in [9.17, 15) is 4.79 Å². The zero-order valence-corrected chi connectivity index (χ0v) is 13.7. The van der Waals surface area contributed by atoms with Gasteiger partial charge in [-0.25, -0.2) is 5.48 Å². The highest BCUT2D eigenvalue weighted by Gasteiger charge is 2.14. The van der Waals surface area contributed by atoms with Gasteiger partial charge in [0.15, 0.2) is 0 Å². The van der Waals surface area contributed by atoms with Crippen molar-refractivity contribution < 1.29 is 9.63 Å². The molecule has 0 fully saturated rings. The summed E-state index contributed by atoms with van der Waals surface area (Å²) in [5.41, 5.74) is 5.39. The molecule has 0 saturated carbocycles. The van der Waals surface area contributed by atoms with E-state index in [-0.39, 0.29) is 12.0 Å². The van der Waals surface area contributed by atoms with E-state index < -0.39 is 0 Å². The Morgan fingerprint density at radius 3 is 2.30 bits per heavy atom. The number of anilines is 1. The van der Waals surface area contributed by atoms with Gasteiger partial charge in [0.2, 0.25) is 0 Å². The summed E-state index contributed by atoms with van der Waals surface area (Å²) in [6.45, 7) is 0.388. The molecule has 0 aliphatic rings. The second kappa shape index (κ2) is 8.31. The molecule has 5 heteroatoms. The molecule has 23 heavy (non-hydrogen) atoms. The summed E-state index contributed by atoms with van der Waals surface area (Å²) in [4.78, 5) is 19.8. The molecular formula is C18H23N3O2. The smallest absolute Gasteiger partial charge is 0.251 e. The Kier molecular flexibility index (Phi) is 6.14. The molecule has 2 aromatic carbocycles. The normalized spacial score (nSPS) is 11.8. The summed E-state index contributed by atoms with van der Waals surface area (Å²) in [6, 6.07) is 17.3. The third-order valence-electron chi connectivity index (χ3n) is 3.53. The van der Waals surface area contributed by atoms with E-state index in [1.54, 1.807) is 7.05 Å². The number of amides is 1. The van der Waals surface area contributed by atoms with Gasteiger partial charge in [-0.1, -0.05) is 30.3 Å². The summed E-state index contributed by atoms with van der Waals surface area (Å²) in [7, 11) is 5.64. The largest absolute Gasteiger partial charge is 0.378 e. The summed E-state index contributed by atoms with van der Waals surface area (Å²) >= 11 is 0. The molecule has 2 N–H and O–H groups in total. The lowest BCUT2D eigenvalue weighted by atomic mass is 10.1. The summed E-state index contributed by atoms with van der Waals surface area (Å²) in [5.74, 6) is -0.115. The van der Waals surface area contributed by atoms with Crippen LogP contribution in [0.25, 0.3) is 0 Å². The van der Waals surface area contributed by atoms with Gasteiger partial charge in [-0.3, -0.25) is 9.63 Å². The van der Waals surface area contributed by atoms with Crippen LogP contribution in [0.2, 0.25) is 0 Å². The average molecular weight is 313 g/mol. The minimum atomic E-state index is -0.244. The van der Waals surface area contributed by atoms with Gasteiger partial charge in [-0.15, -0.1) is 0 Å². The summed E-state index contributed by atoms with van der Waals surface area (Å²) in [5, 5.41) is 2.91. The quantitative estimate of drug-likeness (QED) is 0.771. The molecule has 0 heterocycles. The first-order valence-electron chi connectivity index (χ1n) is 7.54. The first-order chi connectivity index (χ1) is 11.1. The molecule has 1 atom stereocenters. The van der Waals surface area contributed by atoms with Crippen LogP contribution < -0.4 is 15.7 Å². The zero-order chi connectivity index (χ0) is 16.7. The van der Waals surface area contributed by atoms with Crippen molar-refractivity contribution in [1.29, 1.82) is 0 Å². The number of rotatable bonds is 7. The van der Waals surface area contributed by atoms with Gasteiger partial charge < -0.3 is 10.2 Å². The van der Waals surface area contributed by atoms with Gasteiger partial charge in [-0.2, -0.15) is 0 Å². The summed E-state index contributed by atoms with van der Waals surface area (Å²) < 4.78 is 0. The Morgan fingerprint density at radius 1 is 1.09 bits per heavy atom. The SMILES string of the molecule is CNOC(CNC(=O)c1ccc(N(C)C)cc1)c1ccccc1. The highest BCUT2D eigenvalue weighted by Crippen LogP contribution is 2.16. The van der Waals surface area contributed by atoms with E-state index in [0.717, 1.165) is 11.3 Å². The maximum absolute atomic E-state index is 12.3. The lowest BCUT2D eigenvalue weighted by molar-refractivity contribution is -0.0121. The number of benzene rings is 2. The fourth-order valence-electron chi connectivity index (χ4n) is 2.24. The van der Waals surface area contributed by atoms with Crippen LogP contribution in [-0.4, -0.2) is 33.6 Å². The van der Waals surface area contributed by atoms with Crippen molar-refractivity contribution in [3.8, 4) is 0 Å². The Morgan fingerprint density at radius 2 is 1.74 bits per heavy atom. The number of nitrogens with zero attached hydrogens (tertiary/aromatic N) is 1. The predicted octanol–water partition coefficient (Wildman–Crippen LogP) is 2.37. The molecule has 2 rings (SSSR count). The molecule has 0 aliphatic heterocycles. The van der Waals surface area contributed by atoms with Crippen LogP contribution in [-0.2, 0) is 4.84 Å². The van der Waals surface area contributed by atoms with Crippen LogP contribution in [0, 0.1) is 0 Å². The van der Waals surface area contributed by atoms with Gasteiger partial charge in [0.1, 0.15) is 6.10 Å². The van der Waals surface area contributed by atoms with E-state index in [1.165, 1.54) is 0 Å². The monoisotopic (exact) mass is 313 g/mol. The lowest BCUT2D eigenvalue weighted by Crippen LogP contribution is -2.31. The molecule has 1 unspecified atom stereocenters. The minimum absolute atomic E-state index is 0.115. The van der Waals surface area contributed by atoms with Crippen molar-refractivity contribution in [1.82, 2.24) is 10.8 Å². The Balaban J connectivity index is 1.98. The van der Waals surface area contributed by atoms with Crippen molar-refractivity contribution in [2.45, 2.75) is 6.10 Å². The highest BCUT2D eigenvalue weighted by molar-refractivity contribution is 5.94. The van der Waals surface area contributed by atoms with Crippen molar-refractivity contribution in [2.24, 2.45) is 0 Å². The Bertz CT molecular complexity index is 612. The van der Waals surface area contributed by atoms with E-state index >= 15 is 0 Å². The third-order valence-corrected chi connectivity index (χ3v) is 3.53. The third kappa shape index (κ3) is 4.81. The molecule has 0 radical (unpaired) electrons. The molecule has 0 aliphatic carbocycles. The van der Waals surface area contributed by atoms with E-state index in [4.69, 9.17) is 4.84 Å². The van der Waals surface area contributed by atoms with Crippen LogP contribution in [0.3, 0.4) is 0 Å². The lowest BCUT2D eigenvalue weighted by Gasteiger charge is -2.18. The molecule has 0 aromatic heterocycles. The van der Waals surface area contributed by atoms with Crippen molar-refractivity contribution in [3.63, 3.8) is 0 Å². The minimum Gasteiger partial charge on any atom is -0.378 e.